The van der Waals surface area contributed by atoms with Crippen LogP contribution in [-0.2, 0) is 0 Å². The molecule has 5 nitrogen and oxygen atoms in total. The number of aromatic nitrogens is 1. The molecule has 114 valence electrons. The first-order valence-corrected chi connectivity index (χ1v) is 8.00. The summed E-state index contributed by atoms with van der Waals surface area (Å²) in [6.45, 7) is 2.10. The number of nitrogen functional groups attached to an aromatic ring is 1. The fourth-order valence-electron chi connectivity index (χ4n) is 2.53. The van der Waals surface area contributed by atoms with Crippen molar-refractivity contribution in [3.63, 3.8) is 0 Å². The van der Waals surface area contributed by atoms with Gasteiger partial charge >= 0.3 is 0 Å². The van der Waals surface area contributed by atoms with Gasteiger partial charge in [-0.25, -0.2) is 4.98 Å². The highest BCUT2D eigenvalue weighted by molar-refractivity contribution is 9.10. The second-order valence-electron chi connectivity index (χ2n) is 5.28. The number of nitrogens with zero attached hydrogens (tertiary/aromatic N) is 2. The molecule has 0 radical (unpaired) electrons. The van der Waals surface area contributed by atoms with Gasteiger partial charge in [0.15, 0.2) is 0 Å². The molecule has 1 aliphatic heterocycles. The zero-order chi connectivity index (χ0) is 15.5. The molecule has 1 saturated heterocycles. The molecule has 2 aromatic rings. The molecule has 0 bridgehead atoms. The minimum atomic E-state index is -0.235. The summed E-state index contributed by atoms with van der Waals surface area (Å²) in [6, 6.07) is 9.00. The number of hydrogen-bond donors (Lipinski definition) is 2. The summed E-state index contributed by atoms with van der Waals surface area (Å²) in [5, 5.41) is 2.82. The van der Waals surface area contributed by atoms with Crippen molar-refractivity contribution < 1.29 is 4.79 Å². The van der Waals surface area contributed by atoms with Crippen LogP contribution in [0.5, 0.6) is 0 Å². The van der Waals surface area contributed by atoms with E-state index in [9.17, 15) is 4.79 Å². The number of halogens is 1. The summed E-state index contributed by atoms with van der Waals surface area (Å²) in [7, 11) is 0. The Labute approximate surface area is 137 Å². The second kappa shape index (κ2) is 6.36. The van der Waals surface area contributed by atoms with E-state index in [0.717, 1.165) is 23.4 Å². The van der Waals surface area contributed by atoms with Gasteiger partial charge in [0, 0.05) is 23.2 Å². The minimum Gasteiger partial charge on any atom is -0.398 e. The first kappa shape index (κ1) is 14.8. The first-order valence-electron chi connectivity index (χ1n) is 7.21. The van der Waals surface area contributed by atoms with Crippen molar-refractivity contribution in [2.75, 3.05) is 29.0 Å². The number of nitrogens with two attached hydrogens (primary N) is 1. The third-order valence-electron chi connectivity index (χ3n) is 3.69. The van der Waals surface area contributed by atoms with Crippen molar-refractivity contribution in [2.45, 2.75) is 12.8 Å². The van der Waals surface area contributed by atoms with Gasteiger partial charge in [0.1, 0.15) is 5.82 Å². The summed E-state index contributed by atoms with van der Waals surface area (Å²) < 4.78 is 0.846. The molecule has 0 unspecified atom stereocenters. The number of anilines is 3. The summed E-state index contributed by atoms with van der Waals surface area (Å²) >= 11 is 3.33. The molecule has 1 amide bonds. The first-order chi connectivity index (χ1) is 10.6. The highest BCUT2D eigenvalue weighted by Gasteiger charge is 2.14. The molecule has 3 N–H and O–H groups in total. The zero-order valence-electron chi connectivity index (χ0n) is 12.1. The number of rotatable bonds is 3. The van der Waals surface area contributed by atoms with E-state index < -0.39 is 0 Å². The van der Waals surface area contributed by atoms with Gasteiger partial charge in [-0.2, -0.15) is 0 Å². The molecule has 1 aromatic heterocycles. The molecule has 6 heteroatoms. The molecule has 22 heavy (non-hydrogen) atoms. The lowest BCUT2D eigenvalue weighted by atomic mass is 10.1. The van der Waals surface area contributed by atoms with Gasteiger partial charge in [0.25, 0.3) is 5.91 Å². The lowest BCUT2D eigenvalue weighted by molar-refractivity contribution is 0.102. The Bertz CT molecular complexity index is 681. The number of benzene rings is 1. The molecular formula is C16H17BrN4O. The highest BCUT2D eigenvalue weighted by atomic mass is 79.9. The predicted octanol–water partition coefficient (Wildman–Crippen LogP) is 3.28. The molecule has 0 atom stereocenters. The average molecular weight is 361 g/mol. The maximum absolute atomic E-state index is 12.2. The molecular weight excluding hydrogens is 344 g/mol. The van der Waals surface area contributed by atoms with E-state index in [1.807, 2.05) is 12.1 Å². The number of amides is 1. The van der Waals surface area contributed by atoms with E-state index >= 15 is 0 Å². The Morgan fingerprint density at radius 3 is 2.64 bits per heavy atom. The molecule has 1 aliphatic rings. The van der Waals surface area contributed by atoms with Gasteiger partial charge in [-0.05, 0) is 43.2 Å². The average Bonchev–Trinajstić information content (AvgIpc) is 3.02. The Balaban J connectivity index is 1.71. The Kier molecular flexibility index (Phi) is 4.29. The van der Waals surface area contributed by atoms with Gasteiger partial charge in [-0.3, -0.25) is 4.79 Å². The van der Waals surface area contributed by atoms with Crippen LogP contribution in [0.1, 0.15) is 23.2 Å². The largest absolute Gasteiger partial charge is 0.398 e. The molecule has 3 rings (SSSR count). The number of pyridine rings is 1. The molecule has 2 heterocycles. The summed E-state index contributed by atoms with van der Waals surface area (Å²) in [4.78, 5) is 18.9. The third kappa shape index (κ3) is 3.22. The minimum absolute atomic E-state index is 0.235. The van der Waals surface area contributed by atoms with E-state index in [4.69, 9.17) is 5.73 Å². The van der Waals surface area contributed by atoms with E-state index in [-0.39, 0.29) is 5.91 Å². The number of hydrogen-bond acceptors (Lipinski definition) is 4. The molecule has 1 aromatic carbocycles. The monoisotopic (exact) mass is 360 g/mol. The van der Waals surface area contributed by atoms with Gasteiger partial charge in [0.2, 0.25) is 0 Å². The Morgan fingerprint density at radius 1 is 1.23 bits per heavy atom. The number of carbonyl (C=O) groups excluding carboxylic acids is 1. The van der Waals surface area contributed by atoms with Crippen LogP contribution < -0.4 is 16.0 Å². The summed E-state index contributed by atoms with van der Waals surface area (Å²) in [5.74, 6) is 0.722. The van der Waals surface area contributed by atoms with E-state index in [1.54, 1.807) is 24.4 Å². The zero-order valence-corrected chi connectivity index (χ0v) is 13.6. The fraction of sp³-hybridized carbons (Fsp3) is 0.250. The van der Waals surface area contributed by atoms with Crippen molar-refractivity contribution in [1.82, 2.24) is 4.98 Å². The van der Waals surface area contributed by atoms with E-state index in [1.165, 1.54) is 12.8 Å². The number of nitrogens with one attached hydrogen (secondary N) is 1. The lowest BCUT2D eigenvalue weighted by Crippen LogP contribution is -2.19. The van der Waals surface area contributed by atoms with Crippen LogP contribution in [0, 0.1) is 0 Å². The van der Waals surface area contributed by atoms with Crippen molar-refractivity contribution in [2.24, 2.45) is 0 Å². The van der Waals surface area contributed by atoms with Crippen LogP contribution >= 0.6 is 15.9 Å². The molecule has 0 aliphatic carbocycles. The molecule has 1 fully saturated rings. The quantitative estimate of drug-likeness (QED) is 0.823. The van der Waals surface area contributed by atoms with Crippen LogP contribution in [-0.4, -0.2) is 24.0 Å². The van der Waals surface area contributed by atoms with Crippen molar-refractivity contribution in [3.05, 3.63) is 46.6 Å². The van der Waals surface area contributed by atoms with Crippen molar-refractivity contribution in [3.8, 4) is 0 Å². The lowest BCUT2D eigenvalue weighted by Gasteiger charge is -2.16. The van der Waals surface area contributed by atoms with Crippen LogP contribution in [0.4, 0.5) is 17.2 Å². The maximum atomic E-state index is 12.2. The fourth-order valence-corrected chi connectivity index (χ4v) is 2.91. The maximum Gasteiger partial charge on any atom is 0.257 e. The van der Waals surface area contributed by atoms with Gasteiger partial charge < -0.3 is 16.0 Å². The van der Waals surface area contributed by atoms with Crippen molar-refractivity contribution in [1.29, 1.82) is 0 Å². The molecule has 0 saturated carbocycles. The standard InChI is InChI=1S/C16H17BrN4O/c17-11-3-5-13(14(18)9-11)16(22)20-12-4-6-15(19-10-12)21-7-1-2-8-21/h3-6,9-10H,1-2,7-8,18H2,(H,20,22). The van der Waals surface area contributed by atoms with Gasteiger partial charge in [0.05, 0.1) is 17.4 Å². The molecule has 0 spiro atoms. The SMILES string of the molecule is Nc1cc(Br)ccc1C(=O)Nc1ccc(N2CCCC2)nc1. The van der Waals surface area contributed by atoms with E-state index in [0.29, 0.717) is 16.9 Å². The topological polar surface area (TPSA) is 71.2 Å². The Hall–Kier alpha value is -2.08. The van der Waals surface area contributed by atoms with Crippen LogP contribution in [0.3, 0.4) is 0 Å². The normalized spacial score (nSPS) is 14.1. The van der Waals surface area contributed by atoms with Gasteiger partial charge in [-0.15, -0.1) is 0 Å². The van der Waals surface area contributed by atoms with Crippen LogP contribution in [0.25, 0.3) is 0 Å². The van der Waals surface area contributed by atoms with Crippen molar-refractivity contribution >= 4 is 39.0 Å². The third-order valence-corrected chi connectivity index (χ3v) is 4.19. The van der Waals surface area contributed by atoms with Crippen LogP contribution in [0.15, 0.2) is 41.0 Å². The smallest absolute Gasteiger partial charge is 0.257 e. The summed E-state index contributed by atoms with van der Waals surface area (Å²) in [5.41, 5.74) is 7.42. The summed E-state index contributed by atoms with van der Waals surface area (Å²) in [6.07, 6.45) is 4.10. The van der Waals surface area contributed by atoms with E-state index in [2.05, 4.69) is 31.1 Å². The predicted molar refractivity (Wildman–Crippen MR) is 92.2 cm³/mol. The highest BCUT2D eigenvalue weighted by Crippen LogP contribution is 2.21. The van der Waals surface area contributed by atoms with Gasteiger partial charge in [-0.1, -0.05) is 15.9 Å². The van der Waals surface area contributed by atoms with Crippen LogP contribution in [0.2, 0.25) is 0 Å². The second-order valence-corrected chi connectivity index (χ2v) is 6.20. The number of carbonyl (C=O) groups is 1. The Morgan fingerprint density at radius 2 is 2.00 bits per heavy atom.